The molecular weight excluding hydrogens is 350 g/mol. The van der Waals surface area contributed by atoms with Gasteiger partial charge in [0.15, 0.2) is 11.0 Å². The third-order valence-corrected chi connectivity index (χ3v) is 4.96. The summed E-state index contributed by atoms with van der Waals surface area (Å²) in [6.45, 7) is 2.25. The first-order chi connectivity index (χ1) is 10.9. The van der Waals surface area contributed by atoms with Crippen molar-refractivity contribution in [1.29, 1.82) is 0 Å². The Kier molecular flexibility index (Phi) is 4.13. The van der Waals surface area contributed by atoms with E-state index in [1.165, 1.54) is 17.0 Å². The van der Waals surface area contributed by atoms with Crippen molar-refractivity contribution in [3.63, 3.8) is 0 Å². The van der Waals surface area contributed by atoms with Crippen LogP contribution in [0.25, 0.3) is 11.0 Å². The van der Waals surface area contributed by atoms with Crippen molar-refractivity contribution < 1.29 is 26.8 Å². The van der Waals surface area contributed by atoms with Crippen LogP contribution in [0.4, 0.5) is 4.79 Å². The molecule has 11 heteroatoms. The Balaban J connectivity index is 1.78. The van der Waals surface area contributed by atoms with Crippen LogP contribution in [0.5, 0.6) is 0 Å². The number of nitrogens with zero attached hydrogens (tertiary/aromatic N) is 3. The van der Waals surface area contributed by atoms with Crippen LogP contribution in [-0.2, 0) is 19.0 Å². The topological polar surface area (TPSA) is 112 Å². The number of carbonyl (C=O) groups excluding carboxylic acids is 1. The fourth-order valence-electron chi connectivity index (χ4n) is 2.16. The number of rotatable bonds is 5. The van der Waals surface area contributed by atoms with Crippen LogP contribution in [0, 0.1) is 0 Å². The number of amides is 1. The summed E-state index contributed by atoms with van der Waals surface area (Å²) < 4.78 is 39.1. The van der Waals surface area contributed by atoms with Crippen molar-refractivity contribution in [2.75, 3.05) is 19.7 Å². The summed E-state index contributed by atoms with van der Waals surface area (Å²) in [5.74, 6) is 0. The Morgan fingerprint density at radius 3 is 2.83 bits per heavy atom. The molecule has 1 fully saturated rings. The van der Waals surface area contributed by atoms with E-state index in [-0.39, 0.29) is 34.1 Å². The molecule has 1 amide bonds. The van der Waals surface area contributed by atoms with Gasteiger partial charge < -0.3 is 9.64 Å². The number of carbonyl (C=O) groups is 1. The number of fused-ring (bicyclic) bond motifs is 1. The molecule has 1 aromatic heterocycles. The molecule has 0 aliphatic carbocycles. The lowest BCUT2D eigenvalue weighted by Gasteiger charge is -2.10. The van der Waals surface area contributed by atoms with Crippen molar-refractivity contribution in [1.82, 2.24) is 15.2 Å². The molecule has 1 atom stereocenters. The van der Waals surface area contributed by atoms with Gasteiger partial charge in [-0.2, -0.15) is 8.42 Å². The van der Waals surface area contributed by atoms with Crippen LogP contribution in [-0.4, -0.2) is 55.5 Å². The number of benzene rings is 1. The van der Waals surface area contributed by atoms with E-state index in [1.807, 2.05) is 0 Å². The second kappa shape index (κ2) is 5.95. The van der Waals surface area contributed by atoms with Crippen LogP contribution in [0.3, 0.4) is 0 Å². The first-order valence-electron chi connectivity index (χ1n) is 6.68. The standard InChI is InChI=1S/C12H12ClN3O6S/c1-2-16-5-7(21-12(16)17)6-20-23(18,19)9-4-3-8(13)10-11(9)15-22-14-10/h3-4,7H,2,5-6H2,1H3/t7-/m0/s1. The van der Waals surface area contributed by atoms with E-state index < -0.39 is 22.3 Å². The van der Waals surface area contributed by atoms with E-state index in [2.05, 4.69) is 14.9 Å². The van der Waals surface area contributed by atoms with Gasteiger partial charge in [-0.15, -0.1) is 0 Å². The largest absolute Gasteiger partial charge is 0.442 e. The van der Waals surface area contributed by atoms with Gasteiger partial charge in [0, 0.05) is 6.54 Å². The van der Waals surface area contributed by atoms with Crippen molar-refractivity contribution in [2.24, 2.45) is 0 Å². The highest BCUT2D eigenvalue weighted by Gasteiger charge is 2.32. The second-order valence-electron chi connectivity index (χ2n) is 4.79. The van der Waals surface area contributed by atoms with Gasteiger partial charge in [-0.3, -0.25) is 4.18 Å². The molecule has 2 aromatic rings. The van der Waals surface area contributed by atoms with Crippen molar-refractivity contribution >= 4 is 38.8 Å². The maximum absolute atomic E-state index is 12.3. The molecule has 23 heavy (non-hydrogen) atoms. The molecule has 0 unspecified atom stereocenters. The maximum atomic E-state index is 12.3. The molecule has 1 aliphatic rings. The third-order valence-electron chi connectivity index (χ3n) is 3.34. The average molecular weight is 362 g/mol. The minimum atomic E-state index is -4.13. The Hall–Kier alpha value is -1.91. The lowest BCUT2D eigenvalue weighted by Crippen LogP contribution is -2.26. The molecule has 1 aromatic carbocycles. The van der Waals surface area contributed by atoms with Gasteiger partial charge in [-0.05, 0) is 29.4 Å². The SMILES string of the molecule is CCN1C[C@@H](COS(=O)(=O)c2ccc(Cl)c3nonc23)OC1=O. The molecular formula is C12H12ClN3O6S. The number of cyclic esters (lactones) is 1. The fourth-order valence-corrected chi connectivity index (χ4v) is 3.41. The summed E-state index contributed by atoms with van der Waals surface area (Å²) in [7, 11) is -4.13. The monoisotopic (exact) mass is 361 g/mol. The van der Waals surface area contributed by atoms with E-state index in [0.29, 0.717) is 6.54 Å². The molecule has 0 bridgehead atoms. The van der Waals surface area contributed by atoms with Crippen LogP contribution < -0.4 is 0 Å². The van der Waals surface area contributed by atoms with Crippen LogP contribution >= 0.6 is 11.6 Å². The highest BCUT2D eigenvalue weighted by atomic mass is 35.5. The van der Waals surface area contributed by atoms with Gasteiger partial charge in [0.25, 0.3) is 10.1 Å². The highest BCUT2D eigenvalue weighted by Crippen LogP contribution is 2.27. The predicted molar refractivity (Wildman–Crippen MR) is 77.5 cm³/mol. The van der Waals surface area contributed by atoms with Crippen molar-refractivity contribution in [3.05, 3.63) is 17.2 Å². The Labute approximate surface area is 136 Å². The van der Waals surface area contributed by atoms with Gasteiger partial charge in [0.05, 0.1) is 11.6 Å². The molecule has 0 spiro atoms. The Morgan fingerprint density at radius 2 is 2.13 bits per heavy atom. The average Bonchev–Trinajstić information content (AvgIpc) is 3.12. The summed E-state index contributed by atoms with van der Waals surface area (Å²) >= 11 is 5.89. The van der Waals surface area contributed by atoms with Gasteiger partial charge in [-0.25, -0.2) is 9.42 Å². The molecule has 1 aliphatic heterocycles. The van der Waals surface area contributed by atoms with E-state index in [1.54, 1.807) is 6.92 Å². The number of halogens is 1. The number of likely N-dealkylation sites (N-methyl/N-ethyl adjacent to an activating group) is 1. The fraction of sp³-hybridized carbons (Fsp3) is 0.417. The van der Waals surface area contributed by atoms with Crippen molar-refractivity contribution in [2.45, 2.75) is 17.9 Å². The number of hydrogen-bond acceptors (Lipinski definition) is 8. The molecule has 0 N–H and O–H groups in total. The zero-order valence-electron chi connectivity index (χ0n) is 11.9. The first-order valence-corrected chi connectivity index (χ1v) is 8.46. The quantitative estimate of drug-likeness (QED) is 0.735. The minimum Gasteiger partial charge on any atom is -0.442 e. The molecule has 124 valence electrons. The zero-order chi connectivity index (χ0) is 16.6. The van der Waals surface area contributed by atoms with Crippen LogP contribution in [0.2, 0.25) is 5.02 Å². The van der Waals surface area contributed by atoms with E-state index >= 15 is 0 Å². The zero-order valence-corrected chi connectivity index (χ0v) is 13.5. The van der Waals surface area contributed by atoms with Gasteiger partial charge in [-0.1, -0.05) is 11.6 Å². The maximum Gasteiger partial charge on any atom is 0.410 e. The van der Waals surface area contributed by atoms with Crippen molar-refractivity contribution in [3.8, 4) is 0 Å². The van der Waals surface area contributed by atoms with E-state index in [4.69, 9.17) is 20.5 Å². The number of ether oxygens (including phenoxy) is 1. The molecule has 0 radical (unpaired) electrons. The normalized spacial score (nSPS) is 18.6. The minimum absolute atomic E-state index is 0.0175. The molecule has 3 rings (SSSR count). The first kappa shape index (κ1) is 16.0. The number of hydrogen-bond donors (Lipinski definition) is 0. The van der Waals surface area contributed by atoms with Gasteiger partial charge in [0.2, 0.25) is 0 Å². The third kappa shape index (κ3) is 2.96. The lowest BCUT2D eigenvalue weighted by atomic mass is 10.3. The van der Waals surface area contributed by atoms with Gasteiger partial charge in [0.1, 0.15) is 17.6 Å². The summed E-state index contributed by atoms with van der Waals surface area (Å²) in [6.07, 6.45) is -1.15. The summed E-state index contributed by atoms with van der Waals surface area (Å²) in [5.41, 5.74) is 0.108. The Morgan fingerprint density at radius 1 is 1.39 bits per heavy atom. The van der Waals surface area contributed by atoms with E-state index in [9.17, 15) is 13.2 Å². The highest BCUT2D eigenvalue weighted by molar-refractivity contribution is 7.87. The summed E-state index contributed by atoms with van der Waals surface area (Å²) in [5, 5.41) is 7.30. The predicted octanol–water partition coefficient (Wildman–Crippen LogP) is 1.42. The molecule has 9 nitrogen and oxygen atoms in total. The lowest BCUT2D eigenvalue weighted by molar-refractivity contribution is 0.104. The Bertz CT molecular complexity index is 852. The molecule has 1 saturated heterocycles. The summed E-state index contributed by atoms with van der Waals surface area (Å²) in [6, 6.07) is 2.61. The second-order valence-corrected chi connectivity index (χ2v) is 6.78. The molecule has 2 heterocycles. The van der Waals surface area contributed by atoms with Crippen LogP contribution in [0.15, 0.2) is 21.7 Å². The van der Waals surface area contributed by atoms with Gasteiger partial charge >= 0.3 is 6.09 Å². The smallest absolute Gasteiger partial charge is 0.410 e. The molecule has 0 saturated carbocycles. The summed E-state index contributed by atoms with van der Waals surface area (Å²) in [4.78, 5) is 12.7. The van der Waals surface area contributed by atoms with Crippen LogP contribution in [0.1, 0.15) is 6.92 Å². The number of aromatic nitrogens is 2. The van der Waals surface area contributed by atoms with E-state index in [0.717, 1.165) is 0 Å².